The number of sulfonamides is 1. The molecule has 1 rings (SSSR count). The van der Waals surface area contributed by atoms with Crippen LogP contribution in [-0.4, -0.2) is 50.5 Å². The molecule has 0 aliphatic carbocycles. The summed E-state index contributed by atoms with van der Waals surface area (Å²) in [5.74, 6) is 1.07. The molecule has 130 valence electrons. The SMILES string of the molecule is CSCCCNC(=S)Nc1cc(S(=O)(=O)N(C)C)cc(C)c1C. The second kappa shape index (κ2) is 8.86. The van der Waals surface area contributed by atoms with Crippen molar-refractivity contribution in [3.8, 4) is 0 Å². The lowest BCUT2D eigenvalue weighted by molar-refractivity contribution is 0.520. The Morgan fingerprint density at radius 2 is 1.96 bits per heavy atom. The van der Waals surface area contributed by atoms with Gasteiger partial charge < -0.3 is 10.6 Å². The summed E-state index contributed by atoms with van der Waals surface area (Å²) in [6.07, 6.45) is 3.09. The second-order valence-electron chi connectivity index (χ2n) is 5.43. The number of hydrogen-bond acceptors (Lipinski definition) is 4. The van der Waals surface area contributed by atoms with E-state index in [-0.39, 0.29) is 4.90 Å². The fourth-order valence-electron chi connectivity index (χ4n) is 1.90. The van der Waals surface area contributed by atoms with Crippen molar-refractivity contribution in [1.29, 1.82) is 0 Å². The van der Waals surface area contributed by atoms with E-state index in [1.807, 2.05) is 13.8 Å². The zero-order chi connectivity index (χ0) is 17.6. The Hall–Kier alpha value is -0.830. The highest BCUT2D eigenvalue weighted by Gasteiger charge is 2.19. The average molecular weight is 376 g/mol. The molecule has 0 saturated heterocycles. The van der Waals surface area contributed by atoms with E-state index in [4.69, 9.17) is 12.2 Å². The van der Waals surface area contributed by atoms with Crippen LogP contribution in [0, 0.1) is 13.8 Å². The Balaban J connectivity index is 2.95. The van der Waals surface area contributed by atoms with Crippen molar-refractivity contribution in [1.82, 2.24) is 9.62 Å². The molecule has 0 radical (unpaired) electrons. The van der Waals surface area contributed by atoms with Gasteiger partial charge in [-0.3, -0.25) is 0 Å². The van der Waals surface area contributed by atoms with Gasteiger partial charge in [0.25, 0.3) is 0 Å². The minimum Gasteiger partial charge on any atom is -0.362 e. The largest absolute Gasteiger partial charge is 0.362 e. The van der Waals surface area contributed by atoms with Gasteiger partial charge in [0.2, 0.25) is 10.0 Å². The van der Waals surface area contributed by atoms with Crippen LogP contribution in [0.5, 0.6) is 0 Å². The van der Waals surface area contributed by atoms with Crippen LogP contribution < -0.4 is 10.6 Å². The first-order valence-corrected chi connectivity index (χ1v) is 10.5. The minimum atomic E-state index is -3.47. The molecule has 5 nitrogen and oxygen atoms in total. The van der Waals surface area contributed by atoms with E-state index in [9.17, 15) is 8.42 Å². The van der Waals surface area contributed by atoms with Gasteiger partial charge in [0.15, 0.2) is 5.11 Å². The molecule has 0 amide bonds. The maximum Gasteiger partial charge on any atom is 0.242 e. The molecule has 0 bridgehead atoms. The molecule has 0 spiro atoms. The van der Waals surface area contributed by atoms with E-state index in [1.165, 1.54) is 18.4 Å². The molecule has 23 heavy (non-hydrogen) atoms. The van der Waals surface area contributed by atoms with Crippen molar-refractivity contribution >= 4 is 44.8 Å². The number of thiocarbonyl (C=S) groups is 1. The van der Waals surface area contributed by atoms with Gasteiger partial charge in [-0.05, 0) is 67.8 Å². The second-order valence-corrected chi connectivity index (χ2v) is 8.97. The Labute approximate surface area is 149 Å². The lowest BCUT2D eigenvalue weighted by atomic mass is 10.1. The number of rotatable bonds is 7. The molecule has 0 fully saturated rings. The topological polar surface area (TPSA) is 61.4 Å². The van der Waals surface area contributed by atoms with Crippen molar-refractivity contribution in [3.05, 3.63) is 23.3 Å². The summed E-state index contributed by atoms with van der Waals surface area (Å²) in [7, 11) is -0.425. The van der Waals surface area contributed by atoms with E-state index in [0.29, 0.717) is 10.8 Å². The lowest BCUT2D eigenvalue weighted by Gasteiger charge is -2.17. The predicted molar refractivity (Wildman–Crippen MR) is 104 cm³/mol. The van der Waals surface area contributed by atoms with Gasteiger partial charge in [-0.1, -0.05) is 0 Å². The molecule has 8 heteroatoms. The first-order valence-electron chi connectivity index (χ1n) is 7.27. The molecule has 0 atom stereocenters. The third-order valence-corrected chi connectivity index (χ3v) is 6.21. The van der Waals surface area contributed by atoms with Crippen LogP contribution in [0.15, 0.2) is 17.0 Å². The molecule has 2 N–H and O–H groups in total. The van der Waals surface area contributed by atoms with Crippen molar-refractivity contribution in [2.75, 3.05) is 38.0 Å². The highest BCUT2D eigenvalue weighted by molar-refractivity contribution is 7.98. The number of hydrogen-bond donors (Lipinski definition) is 2. The number of nitrogens with one attached hydrogen (secondary N) is 2. The van der Waals surface area contributed by atoms with Crippen molar-refractivity contribution in [3.63, 3.8) is 0 Å². The molecule has 0 heterocycles. The molecule has 1 aromatic carbocycles. The number of nitrogens with zero attached hydrogens (tertiary/aromatic N) is 1. The van der Waals surface area contributed by atoms with Gasteiger partial charge in [-0.25, -0.2) is 12.7 Å². The number of aryl methyl sites for hydroxylation is 1. The average Bonchev–Trinajstić information content (AvgIpc) is 2.47. The van der Waals surface area contributed by atoms with Crippen LogP contribution in [0.1, 0.15) is 17.5 Å². The van der Waals surface area contributed by atoms with Gasteiger partial charge in [-0.15, -0.1) is 0 Å². The standard InChI is InChI=1S/C15H25N3O2S3/c1-11-9-13(23(19,20)18(3)4)10-14(12(11)2)17-15(21)16-7-6-8-22-5/h9-10H,6-8H2,1-5H3,(H2,16,17,21). The molecule has 0 aliphatic heterocycles. The van der Waals surface area contributed by atoms with E-state index < -0.39 is 10.0 Å². The summed E-state index contributed by atoms with van der Waals surface area (Å²) in [6.45, 7) is 4.63. The van der Waals surface area contributed by atoms with Crippen molar-refractivity contribution in [2.45, 2.75) is 25.2 Å². The zero-order valence-corrected chi connectivity index (χ0v) is 16.7. The van der Waals surface area contributed by atoms with Gasteiger partial charge in [-0.2, -0.15) is 11.8 Å². The first-order chi connectivity index (χ1) is 10.7. The predicted octanol–water partition coefficient (Wildman–Crippen LogP) is 2.59. The fourth-order valence-corrected chi connectivity index (χ4v) is 3.56. The smallest absolute Gasteiger partial charge is 0.242 e. The molecule has 0 aromatic heterocycles. The van der Waals surface area contributed by atoms with E-state index in [2.05, 4.69) is 16.9 Å². The minimum absolute atomic E-state index is 0.262. The highest BCUT2D eigenvalue weighted by atomic mass is 32.2. The summed E-state index contributed by atoms with van der Waals surface area (Å²) in [5.41, 5.74) is 2.60. The Kier molecular flexibility index (Phi) is 7.79. The quantitative estimate of drug-likeness (QED) is 0.564. The van der Waals surface area contributed by atoms with Crippen LogP contribution in [-0.2, 0) is 10.0 Å². The Bertz CT molecular complexity index is 658. The summed E-state index contributed by atoms with van der Waals surface area (Å²) < 4.78 is 25.9. The monoisotopic (exact) mass is 375 g/mol. The summed E-state index contributed by atoms with van der Waals surface area (Å²) in [6, 6.07) is 3.32. The number of thioether (sulfide) groups is 1. The maximum atomic E-state index is 12.3. The summed E-state index contributed by atoms with van der Waals surface area (Å²) >= 11 is 7.08. The van der Waals surface area contributed by atoms with E-state index >= 15 is 0 Å². The van der Waals surface area contributed by atoms with Crippen molar-refractivity contribution < 1.29 is 8.42 Å². The maximum absolute atomic E-state index is 12.3. The Morgan fingerprint density at radius 1 is 1.30 bits per heavy atom. The van der Waals surface area contributed by atoms with Crippen LogP contribution in [0.4, 0.5) is 5.69 Å². The van der Waals surface area contributed by atoms with E-state index in [1.54, 1.807) is 23.9 Å². The molecule has 0 saturated carbocycles. The zero-order valence-electron chi connectivity index (χ0n) is 14.3. The normalized spacial score (nSPS) is 11.6. The van der Waals surface area contributed by atoms with Gasteiger partial charge in [0, 0.05) is 26.3 Å². The van der Waals surface area contributed by atoms with Gasteiger partial charge >= 0.3 is 0 Å². The van der Waals surface area contributed by atoms with Crippen LogP contribution in [0.25, 0.3) is 0 Å². The highest BCUT2D eigenvalue weighted by Crippen LogP contribution is 2.25. The van der Waals surface area contributed by atoms with Crippen LogP contribution >= 0.6 is 24.0 Å². The third kappa shape index (κ3) is 5.63. The Morgan fingerprint density at radius 3 is 2.52 bits per heavy atom. The molecule has 1 aromatic rings. The first kappa shape index (κ1) is 20.2. The molecular formula is C15H25N3O2S3. The number of benzene rings is 1. The van der Waals surface area contributed by atoms with Crippen LogP contribution in [0.2, 0.25) is 0 Å². The molecule has 0 aliphatic rings. The summed E-state index contributed by atoms with van der Waals surface area (Å²) in [4.78, 5) is 0.262. The number of anilines is 1. The van der Waals surface area contributed by atoms with E-state index in [0.717, 1.165) is 29.8 Å². The molecular weight excluding hydrogens is 350 g/mol. The summed E-state index contributed by atoms with van der Waals surface area (Å²) in [5, 5.41) is 6.76. The fraction of sp³-hybridized carbons (Fsp3) is 0.533. The van der Waals surface area contributed by atoms with Crippen LogP contribution in [0.3, 0.4) is 0 Å². The lowest BCUT2D eigenvalue weighted by Crippen LogP contribution is -2.30. The third-order valence-electron chi connectivity index (χ3n) is 3.48. The van der Waals surface area contributed by atoms with Crippen molar-refractivity contribution in [2.24, 2.45) is 0 Å². The molecule has 0 unspecified atom stereocenters. The van der Waals surface area contributed by atoms with Gasteiger partial charge in [0.1, 0.15) is 0 Å². The van der Waals surface area contributed by atoms with Gasteiger partial charge in [0.05, 0.1) is 4.90 Å².